The lowest BCUT2D eigenvalue weighted by atomic mass is 10.00. The highest BCUT2D eigenvalue weighted by Gasteiger charge is 2.40. The Labute approximate surface area is 411 Å². The number of aromatic hydroxyl groups is 1. The van der Waals surface area contributed by atoms with E-state index < -0.39 is 132 Å². The van der Waals surface area contributed by atoms with Crippen molar-refractivity contribution in [2.24, 2.45) is 23.3 Å². The Balaban J connectivity index is 1.77. The minimum Gasteiger partial charge on any atom is -0.508 e. The molecule has 0 saturated carbocycles. The lowest BCUT2D eigenvalue weighted by Crippen LogP contribution is -2.61. The lowest BCUT2D eigenvalue weighted by molar-refractivity contribution is -0.144. The molecule has 71 heavy (non-hydrogen) atoms. The average Bonchev–Trinajstić information content (AvgIpc) is 4.02. The normalized spacial score (nSPS) is 16.8. The monoisotopic (exact) mass is 999 g/mol. The Kier molecular flexibility index (Phi) is 22.8. The quantitative estimate of drug-likeness (QED) is 0.0397. The summed E-state index contributed by atoms with van der Waals surface area (Å²) in [5.74, 6) is -10.5. The van der Waals surface area contributed by atoms with E-state index in [1.165, 1.54) is 43.4 Å². The number of nitrogens with zero attached hydrogens (tertiary/aromatic N) is 2. The number of rotatable bonds is 28. The molecule has 8 amide bonds. The number of carbonyl (C=O) groups excluding carboxylic acids is 8. The number of imidazole rings is 1. The highest BCUT2D eigenvalue weighted by atomic mass is 16.4. The third kappa shape index (κ3) is 18.3. The molecule has 25 heteroatoms. The molecular weight excluding hydrogens is 929 g/mol. The topological polar surface area (TPSA) is 400 Å². The number of nitrogens with one attached hydrogen (secondary N) is 8. The van der Waals surface area contributed by atoms with Gasteiger partial charge in [-0.2, -0.15) is 0 Å². The van der Waals surface area contributed by atoms with Crippen LogP contribution in [0.4, 0.5) is 0 Å². The smallest absolute Gasteiger partial charge is 0.326 e. The van der Waals surface area contributed by atoms with Crippen LogP contribution < -0.4 is 48.7 Å². The maximum atomic E-state index is 14.0. The van der Waals surface area contributed by atoms with Crippen LogP contribution in [0.1, 0.15) is 91.3 Å². The molecule has 0 spiro atoms. The summed E-state index contributed by atoms with van der Waals surface area (Å²) < 4.78 is 0. The Bertz CT molecular complexity index is 2170. The van der Waals surface area contributed by atoms with Gasteiger partial charge in [-0.1, -0.05) is 39.8 Å². The highest BCUT2D eigenvalue weighted by molar-refractivity contribution is 5.99. The number of amides is 8. The molecule has 25 nitrogen and oxygen atoms in total. The summed E-state index contributed by atoms with van der Waals surface area (Å²) in [5.41, 5.74) is 12.2. The van der Waals surface area contributed by atoms with E-state index in [2.05, 4.69) is 47.2 Å². The molecule has 2 aromatic rings. The summed E-state index contributed by atoms with van der Waals surface area (Å²) in [6, 6.07) is -5.82. The van der Waals surface area contributed by atoms with Crippen molar-refractivity contribution in [1.82, 2.24) is 52.1 Å². The number of unbranched alkanes of at least 4 members (excludes halogenated alkanes) is 1. The number of aliphatic carboxylic acids is 2. The Hall–Kier alpha value is -7.15. The summed E-state index contributed by atoms with van der Waals surface area (Å²) in [6.07, 6.45) is 3.07. The van der Waals surface area contributed by atoms with Crippen LogP contribution >= 0.6 is 0 Å². The minimum atomic E-state index is -1.81. The van der Waals surface area contributed by atoms with E-state index in [0.717, 1.165) is 0 Å². The molecule has 2 heterocycles. The first-order valence-electron chi connectivity index (χ1n) is 23.5. The summed E-state index contributed by atoms with van der Waals surface area (Å²) in [6.45, 7) is 9.68. The number of nitrogens with two attached hydrogens (primary N) is 2. The van der Waals surface area contributed by atoms with E-state index in [-0.39, 0.29) is 38.0 Å². The number of H-pyrrole nitrogens is 1. The summed E-state index contributed by atoms with van der Waals surface area (Å²) in [5, 5.41) is 46.9. The number of phenols is 1. The second-order valence-electron chi connectivity index (χ2n) is 18.3. The van der Waals surface area contributed by atoms with Gasteiger partial charge in [0.1, 0.15) is 54.1 Å². The zero-order valence-corrected chi connectivity index (χ0v) is 40.9. The van der Waals surface area contributed by atoms with Crippen LogP contribution in [0, 0.1) is 11.8 Å². The fourth-order valence-electron chi connectivity index (χ4n) is 7.64. The zero-order valence-electron chi connectivity index (χ0n) is 40.9. The molecule has 1 fully saturated rings. The number of carboxylic acid groups (broad SMARTS) is 2. The van der Waals surface area contributed by atoms with Crippen molar-refractivity contribution in [3.05, 3.63) is 48.0 Å². The Morgan fingerprint density at radius 2 is 1.25 bits per heavy atom. The van der Waals surface area contributed by atoms with Crippen molar-refractivity contribution in [1.29, 1.82) is 0 Å². The minimum absolute atomic E-state index is 0.0266. The van der Waals surface area contributed by atoms with Gasteiger partial charge in [0.15, 0.2) is 0 Å². The molecule has 15 N–H and O–H groups in total. The second kappa shape index (κ2) is 27.9. The molecule has 0 bridgehead atoms. The number of phenolic OH excluding ortho intramolecular Hbond substituents is 1. The maximum absolute atomic E-state index is 14.0. The molecule has 1 aliphatic heterocycles. The van der Waals surface area contributed by atoms with Crippen LogP contribution in [0.5, 0.6) is 5.75 Å². The van der Waals surface area contributed by atoms with Crippen molar-refractivity contribution in [3.8, 4) is 5.75 Å². The van der Waals surface area contributed by atoms with Crippen LogP contribution in [0.25, 0.3) is 0 Å². The number of aromatic amines is 1. The van der Waals surface area contributed by atoms with E-state index in [9.17, 15) is 63.3 Å². The van der Waals surface area contributed by atoms with Crippen LogP contribution in [-0.2, 0) is 60.8 Å². The van der Waals surface area contributed by atoms with Crippen molar-refractivity contribution < 1.29 is 63.3 Å². The van der Waals surface area contributed by atoms with Gasteiger partial charge >= 0.3 is 11.9 Å². The molecule has 0 unspecified atom stereocenters. The molecule has 1 aromatic heterocycles. The molecule has 1 aromatic carbocycles. The molecular formula is C46H70N12O13. The first kappa shape index (κ1) is 58.2. The highest BCUT2D eigenvalue weighted by Crippen LogP contribution is 2.20. The van der Waals surface area contributed by atoms with Gasteiger partial charge in [0.05, 0.1) is 18.8 Å². The van der Waals surface area contributed by atoms with Gasteiger partial charge in [0, 0.05) is 31.3 Å². The van der Waals surface area contributed by atoms with Gasteiger partial charge in [-0.15, -0.1) is 0 Å². The first-order valence-corrected chi connectivity index (χ1v) is 23.5. The van der Waals surface area contributed by atoms with Crippen molar-refractivity contribution in [3.63, 3.8) is 0 Å². The van der Waals surface area contributed by atoms with Crippen molar-refractivity contribution in [2.45, 2.75) is 147 Å². The number of likely N-dealkylation sites (tertiary alicyclic amines) is 1. The number of benzene rings is 1. The fourth-order valence-corrected chi connectivity index (χ4v) is 7.64. The van der Waals surface area contributed by atoms with Crippen LogP contribution in [-0.4, -0.2) is 157 Å². The van der Waals surface area contributed by atoms with Crippen LogP contribution in [0.3, 0.4) is 0 Å². The fraction of sp³-hybridized carbons (Fsp3) is 0.587. The standard InChI is InChI=1S/C46H70N12O13/c1-23(2)36(56-41(65)31(53-38(62)25(5)48)18-27-12-14-29(59)15-13-27)44(68)55-32(19-28-21-49-22-50-28)40(64)54-33(20-35(60)61)39(63)51-26(6)45(69)58-17-9-11-34(58)42(66)57-37(24(3)4)43(67)52-30(46(70)71)10-7-8-16-47/h12-15,21-26,30-34,36-37,59H,7-11,16-20,47-48H2,1-6H3,(H,49,50)(H,51,63)(H,52,67)(H,53,62)(H,54,64)(H,55,68)(H,56,65)(H,57,66)(H,60,61)(H,70,71)/t25-,26-,30-,31-,32-,33-,34-,36-,37-/m0/s1. The van der Waals surface area contributed by atoms with Gasteiger partial charge in [-0.05, 0) is 82.0 Å². The second-order valence-corrected chi connectivity index (χ2v) is 18.3. The van der Waals surface area contributed by atoms with E-state index in [1.54, 1.807) is 39.8 Å². The molecule has 9 atom stereocenters. The largest absolute Gasteiger partial charge is 0.508 e. The van der Waals surface area contributed by atoms with Crippen molar-refractivity contribution in [2.75, 3.05) is 13.1 Å². The average molecular weight is 999 g/mol. The van der Waals surface area contributed by atoms with Crippen molar-refractivity contribution >= 4 is 59.2 Å². The van der Waals surface area contributed by atoms with E-state index >= 15 is 0 Å². The van der Waals surface area contributed by atoms with Gasteiger partial charge < -0.3 is 73.9 Å². The first-order chi connectivity index (χ1) is 33.4. The van der Waals surface area contributed by atoms with Gasteiger partial charge in [0.25, 0.3) is 0 Å². The predicted molar refractivity (Wildman–Crippen MR) is 254 cm³/mol. The molecule has 392 valence electrons. The summed E-state index contributed by atoms with van der Waals surface area (Å²) >= 11 is 0. The Morgan fingerprint density at radius 1 is 0.704 bits per heavy atom. The third-order valence-electron chi connectivity index (χ3n) is 11.7. The van der Waals surface area contributed by atoms with E-state index in [1.807, 2.05) is 0 Å². The molecule has 0 aliphatic carbocycles. The number of hydrogen-bond acceptors (Lipinski definition) is 14. The predicted octanol–water partition coefficient (Wildman–Crippen LogP) is -2.35. The maximum Gasteiger partial charge on any atom is 0.326 e. The number of carboxylic acids is 2. The lowest BCUT2D eigenvalue weighted by Gasteiger charge is -2.30. The summed E-state index contributed by atoms with van der Waals surface area (Å²) in [7, 11) is 0. The van der Waals surface area contributed by atoms with E-state index in [4.69, 9.17) is 11.5 Å². The number of carbonyl (C=O) groups is 10. The van der Waals surface area contributed by atoms with Gasteiger partial charge in [0.2, 0.25) is 47.3 Å². The summed E-state index contributed by atoms with van der Waals surface area (Å²) in [4.78, 5) is 141. The molecule has 1 saturated heterocycles. The van der Waals surface area contributed by atoms with Crippen LogP contribution in [0.2, 0.25) is 0 Å². The third-order valence-corrected chi connectivity index (χ3v) is 11.7. The number of aromatic nitrogens is 2. The molecule has 3 rings (SSSR count). The Morgan fingerprint density at radius 3 is 1.80 bits per heavy atom. The number of hydrogen-bond donors (Lipinski definition) is 13. The molecule has 0 radical (unpaired) electrons. The van der Waals surface area contributed by atoms with Gasteiger partial charge in [-0.3, -0.25) is 43.2 Å². The van der Waals surface area contributed by atoms with E-state index in [0.29, 0.717) is 37.1 Å². The molecule has 1 aliphatic rings. The van der Waals surface area contributed by atoms with Gasteiger partial charge in [-0.25, -0.2) is 9.78 Å². The zero-order chi connectivity index (χ0) is 53.1. The SMILES string of the molecule is CC(C)[C@H](NC(=O)[C@H](Cc1ccc(O)cc1)NC(=O)[C@H](C)N)C(=O)N[C@@H](Cc1cnc[nH]1)C(=O)N[C@@H](CC(=O)O)C(=O)N[C@@H](C)C(=O)N1CCC[C@H]1C(=O)N[C@H](C(=O)N[C@@H](CCCCN)C(=O)O)C(C)C. The van der Waals surface area contributed by atoms with Crippen LogP contribution in [0.15, 0.2) is 36.8 Å².